The van der Waals surface area contributed by atoms with Crippen LogP contribution in [0.2, 0.25) is 0 Å². The van der Waals surface area contributed by atoms with Gasteiger partial charge in [-0.25, -0.2) is 4.98 Å². The first-order chi connectivity index (χ1) is 7.18. The van der Waals surface area contributed by atoms with Crippen LogP contribution in [0.3, 0.4) is 0 Å². The summed E-state index contributed by atoms with van der Waals surface area (Å²) in [4.78, 5) is 8.47. The number of nitrogens with zero attached hydrogens (tertiary/aromatic N) is 3. The molecular formula is C11H14N4. The van der Waals surface area contributed by atoms with Gasteiger partial charge in [0.1, 0.15) is 0 Å². The fourth-order valence-corrected chi connectivity index (χ4v) is 1.61. The number of rotatable bonds is 2. The zero-order valence-electron chi connectivity index (χ0n) is 8.88. The molecule has 2 N–H and O–H groups in total. The molecule has 0 saturated heterocycles. The van der Waals surface area contributed by atoms with Crippen LogP contribution in [-0.2, 0) is 0 Å². The smallest absolute Gasteiger partial charge is 0.200 e. The van der Waals surface area contributed by atoms with Crippen molar-refractivity contribution in [1.82, 2.24) is 14.5 Å². The third-order valence-corrected chi connectivity index (χ3v) is 2.41. The first-order valence-electron chi connectivity index (χ1n) is 4.90. The number of pyridine rings is 1. The molecule has 0 aliphatic rings. The number of aromatic nitrogens is 3. The molecule has 0 saturated carbocycles. The van der Waals surface area contributed by atoms with E-state index in [9.17, 15) is 0 Å². The molecule has 2 aromatic rings. The fraction of sp³-hybridized carbons (Fsp3) is 0.273. The summed E-state index contributed by atoms with van der Waals surface area (Å²) in [5.74, 6) is 0.533. The SMILES string of the molecule is Cc1cn(C(C)c2ccccn2)c(N)n1. The van der Waals surface area contributed by atoms with Crippen molar-refractivity contribution in [2.24, 2.45) is 0 Å². The van der Waals surface area contributed by atoms with Crippen LogP contribution in [0, 0.1) is 6.92 Å². The van der Waals surface area contributed by atoms with Crippen LogP contribution in [0.15, 0.2) is 30.6 Å². The first-order valence-corrected chi connectivity index (χ1v) is 4.90. The minimum Gasteiger partial charge on any atom is -0.369 e. The summed E-state index contributed by atoms with van der Waals surface area (Å²) >= 11 is 0. The Labute approximate surface area is 88.8 Å². The predicted molar refractivity (Wildman–Crippen MR) is 59.4 cm³/mol. The molecular weight excluding hydrogens is 188 g/mol. The molecule has 0 aromatic carbocycles. The standard InChI is InChI=1S/C11H14N4/c1-8-7-15(11(12)14-8)9(2)10-5-3-4-6-13-10/h3-7,9H,1-2H3,(H2,12,14). The molecule has 1 unspecified atom stereocenters. The van der Waals surface area contributed by atoms with Crippen LogP contribution in [0.5, 0.6) is 0 Å². The van der Waals surface area contributed by atoms with Crippen LogP contribution in [0.1, 0.15) is 24.4 Å². The Hall–Kier alpha value is -1.84. The second-order valence-electron chi connectivity index (χ2n) is 3.58. The topological polar surface area (TPSA) is 56.7 Å². The molecule has 0 fully saturated rings. The van der Waals surface area contributed by atoms with E-state index in [1.807, 2.05) is 35.9 Å². The van der Waals surface area contributed by atoms with E-state index >= 15 is 0 Å². The molecule has 0 aliphatic heterocycles. The molecule has 0 amide bonds. The number of nitrogen functional groups attached to an aromatic ring is 1. The lowest BCUT2D eigenvalue weighted by Crippen LogP contribution is -2.10. The van der Waals surface area contributed by atoms with Gasteiger partial charge in [-0.15, -0.1) is 0 Å². The normalized spacial score (nSPS) is 12.7. The van der Waals surface area contributed by atoms with Crippen LogP contribution in [-0.4, -0.2) is 14.5 Å². The Morgan fingerprint density at radius 2 is 2.20 bits per heavy atom. The van der Waals surface area contributed by atoms with Gasteiger partial charge in [0.25, 0.3) is 0 Å². The molecule has 0 aliphatic carbocycles. The summed E-state index contributed by atoms with van der Waals surface area (Å²) < 4.78 is 1.93. The molecule has 2 aromatic heterocycles. The lowest BCUT2D eigenvalue weighted by molar-refractivity contribution is 0.629. The number of imidazole rings is 1. The van der Waals surface area contributed by atoms with Gasteiger partial charge in [-0.2, -0.15) is 0 Å². The van der Waals surface area contributed by atoms with Crippen molar-refractivity contribution in [3.63, 3.8) is 0 Å². The largest absolute Gasteiger partial charge is 0.369 e. The van der Waals surface area contributed by atoms with Crippen LogP contribution >= 0.6 is 0 Å². The zero-order chi connectivity index (χ0) is 10.8. The van der Waals surface area contributed by atoms with Gasteiger partial charge >= 0.3 is 0 Å². The van der Waals surface area contributed by atoms with Crippen LogP contribution in [0.25, 0.3) is 0 Å². The summed E-state index contributed by atoms with van der Waals surface area (Å²) in [6, 6.07) is 5.98. The van der Waals surface area contributed by atoms with Crippen molar-refractivity contribution in [2.45, 2.75) is 19.9 Å². The van der Waals surface area contributed by atoms with Crippen molar-refractivity contribution in [1.29, 1.82) is 0 Å². The number of nitrogens with two attached hydrogens (primary N) is 1. The maximum atomic E-state index is 5.80. The van der Waals surface area contributed by atoms with Crippen molar-refractivity contribution in [2.75, 3.05) is 5.73 Å². The molecule has 2 rings (SSSR count). The van der Waals surface area contributed by atoms with Gasteiger partial charge in [0.15, 0.2) is 0 Å². The number of hydrogen-bond acceptors (Lipinski definition) is 3. The Balaban J connectivity index is 2.36. The predicted octanol–water partition coefficient (Wildman–Crippen LogP) is 1.78. The van der Waals surface area contributed by atoms with E-state index in [2.05, 4.69) is 16.9 Å². The van der Waals surface area contributed by atoms with E-state index < -0.39 is 0 Å². The maximum Gasteiger partial charge on any atom is 0.200 e. The average molecular weight is 202 g/mol. The Morgan fingerprint density at radius 3 is 2.73 bits per heavy atom. The third-order valence-electron chi connectivity index (χ3n) is 2.41. The van der Waals surface area contributed by atoms with E-state index in [1.165, 1.54) is 0 Å². The molecule has 4 nitrogen and oxygen atoms in total. The second-order valence-corrected chi connectivity index (χ2v) is 3.58. The highest BCUT2D eigenvalue weighted by atomic mass is 15.2. The third kappa shape index (κ3) is 1.83. The van der Waals surface area contributed by atoms with E-state index in [0.29, 0.717) is 5.95 Å². The molecule has 1 atom stereocenters. The fourth-order valence-electron chi connectivity index (χ4n) is 1.61. The van der Waals surface area contributed by atoms with Crippen molar-refractivity contribution >= 4 is 5.95 Å². The summed E-state index contributed by atoms with van der Waals surface area (Å²) in [6.45, 7) is 3.98. The van der Waals surface area contributed by atoms with Crippen molar-refractivity contribution < 1.29 is 0 Å². The maximum absolute atomic E-state index is 5.80. The highest BCUT2D eigenvalue weighted by molar-refractivity contribution is 5.25. The van der Waals surface area contributed by atoms with Crippen LogP contribution in [0.4, 0.5) is 5.95 Å². The van der Waals surface area contributed by atoms with Gasteiger partial charge < -0.3 is 10.3 Å². The summed E-state index contributed by atoms with van der Waals surface area (Å²) in [5.41, 5.74) is 7.72. The quantitative estimate of drug-likeness (QED) is 0.807. The van der Waals surface area contributed by atoms with Gasteiger partial charge in [0.2, 0.25) is 5.95 Å². The average Bonchev–Trinajstić information content (AvgIpc) is 2.58. The summed E-state index contributed by atoms with van der Waals surface area (Å²) in [5, 5.41) is 0. The number of aryl methyl sites for hydroxylation is 1. The lowest BCUT2D eigenvalue weighted by Gasteiger charge is -2.13. The van der Waals surface area contributed by atoms with Gasteiger partial charge in [-0.05, 0) is 26.0 Å². The van der Waals surface area contributed by atoms with Gasteiger partial charge in [0, 0.05) is 12.4 Å². The number of hydrogen-bond donors (Lipinski definition) is 1. The van der Waals surface area contributed by atoms with Crippen LogP contribution < -0.4 is 5.73 Å². The van der Waals surface area contributed by atoms with Crippen molar-refractivity contribution in [3.8, 4) is 0 Å². The Bertz CT molecular complexity index is 447. The van der Waals surface area contributed by atoms with E-state index in [-0.39, 0.29) is 6.04 Å². The van der Waals surface area contributed by atoms with Crippen molar-refractivity contribution in [3.05, 3.63) is 42.0 Å². The monoisotopic (exact) mass is 202 g/mol. The minimum absolute atomic E-state index is 0.118. The van der Waals surface area contributed by atoms with Gasteiger partial charge in [0.05, 0.1) is 17.4 Å². The molecule has 78 valence electrons. The molecule has 2 heterocycles. The Kier molecular flexibility index (Phi) is 2.41. The van der Waals surface area contributed by atoms with E-state index in [1.54, 1.807) is 6.20 Å². The molecule has 0 radical (unpaired) electrons. The summed E-state index contributed by atoms with van der Waals surface area (Å²) in [7, 11) is 0. The molecule has 15 heavy (non-hydrogen) atoms. The second kappa shape index (κ2) is 3.73. The van der Waals surface area contributed by atoms with Gasteiger partial charge in [-0.1, -0.05) is 6.07 Å². The zero-order valence-corrected chi connectivity index (χ0v) is 8.88. The molecule has 4 heteroatoms. The molecule has 0 bridgehead atoms. The summed E-state index contributed by atoms with van der Waals surface area (Å²) in [6.07, 6.45) is 3.72. The van der Waals surface area contributed by atoms with E-state index in [4.69, 9.17) is 5.73 Å². The number of anilines is 1. The highest BCUT2D eigenvalue weighted by Crippen LogP contribution is 2.18. The van der Waals surface area contributed by atoms with E-state index in [0.717, 1.165) is 11.4 Å². The lowest BCUT2D eigenvalue weighted by atomic mass is 10.2. The minimum atomic E-state index is 0.118. The first kappa shape index (κ1) is 9.71. The Morgan fingerprint density at radius 1 is 1.40 bits per heavy atom. The highest BCUT2D eigenvalue weighted by Gasteiger charge is 2.11. The van der Waals surface area contributed by atoms with Gasteiger partial charge in [-0.3, -0.25) is 4.98 Å². The molecule has 0 spiro atoms.